The van der Waals surface area contributed by atoms with E-state index in [1.165, 1.54) is 12.5 Å². The molecule has 0 fully saturated rings. The largest absolute Gasteiger partial charge is 0.460 e. The van der Waals surface area contributed by atoms with Gasteiger partial charge in [0.05, 0.1) is 23.5 Å². The molecule has 2 aromatic heterocycles. The Balaban J connectivity index is 2.93. The minimum absolute atomic E-state index is 0.602. The molecule has 2 aromatic rings. The Bertz CT molecular complexity index is 355. The van der Waals surface area contributed by atoms with E-state index in [1.54, 1.807) is 6.20 Å². The lowest BCUT2D eigenvalue weighted by atomic mass is 10.3. The van der Waals surface area contributed by atoms with Crippen molar-refractivity contribution in [2.45, 2.75) is 0 Å². The molecule has 0 saturated carbocycles. The molecule has 0 aromatic carbocycles. The highest BCUT2D eigenvalue weighted by atomic mass is 16.3. The van der Waals surface area contributed by atoms with Gasteiger partial charge in [0.15, 0.2) is 5.58 Å². The number of anilines is 1. The van der Waals surface area contributed by atoms with Crippen LogP contribution < -0.4 is 5.73 Å². The van der Waals surface area contributed by atoms with Crippen LogP contribution in [0.5, 0.6) is 0 Å². The number of nitrogens with two attached hydrogens (primary N) is 1. The predicted octanol–water partition coefficient (Wildman–Crippen LogP) is 0.805. The first-order valence-electron chi connectivity index (χ1n) is 2.81. The predicted molar refractivity (Wildman–Crippen MR) is 36.2 cm³/mol. The fourth-order valence-corrected chi connectivity index (χ4v) is 0.811. The third-order valence-corrected chi connectivity index (χ3v) is 1.32. The van der Waals surface area contributed by atoms with Crippen molar-refractivity contribution in [2.75, 3.05) is 5.73 Å². The van der Waals surface area contributed by atoms with Gasteiger partial charge in [-0.25, -0.2) is 0 Å². The van der Waals surface area contributed by atoms with Crippen molar-refractivity contribution in [3.63, 3.8) is 0 Å². The molecule has 4 heteroatoms. The van der Waals surface area contributed by atoms with Crippen LogP contribution in [-0.2, 0) is 0 Å². The van der Waals surface area contributed by atoms with E-state index >= 15 is 0 Å². The number of nitrogens with zero attached hydrogens (tertiary/aromatic N) is 2. The van der Waals surface area contributed by atoms with Crippen molar-refractivity contribution >= 4 is 16.7 Å². The van der Waals surface area contributed by atoms with Gasteiger partial charge in [-0.3, -0.25) is 0 Å². The topological polar surface area (TPSA) is 64.9 Å². The Morgan fingerprint density at radius 2 is 2.10 bits per heavy atom. The first-order chi connectivity index (χ1) is 4.88. The van der Waals surface area contributed by atoms with Crippen LogP contribution in [0.1, 0.15) is 0 Å². The fraction of sp³-hybridized carbons (Fsp3) is 0. The summed E-state index contributed by atoms with van der Waals surface area (Å²) in [7, 11) is 0. The lowest BCUT2D eigenvalue weighted by molar-refractivity contribution is 0.614. The second-order valence-corrected chi connectivity index (χ2v) is 1.96. The average Bonchev–Trinajstić information content (AvgIpc) is 2.34. The van der Waals surface area contributed by atoms with Gasteiger partial charge in [0, 0.05) is 0 Å². The van der Waals surface area contributed by atoms with Crippen LogP contribution in [0.3, 0.4) is 0 Å². The Kier molecular flexibility index (Phi) is 0.887. The maximum atomic E-state index is 5.51. The highest BCUT2D eigenvalue weighted by molar-refractivity contribution is 5.87. The molecule has 0 aliphatic rings. The summed E-state index contributed by atoms with van der Waals surface area (Å²) in [6.07, 6.45) is 4.59. The summed E-state index contributed by atoms with van der Waals surface area (Å²) in [5, 5.41) is 8.10. The van der Waals surface area contributed by atoms with E-state index in [2.05, 4.69) is 10.2 Å². The van der Waals surface area contributed by atoms with Gasteiger partial charge in [0.25, 0.3) is 0 Å². The van der Waals surface area contributed by atoms with Gasteiger partial charge in [-0.1, -0.05) is 0 Å². The summed E-state index contributed by atoms with van der Waals surface area (Å²) in [6.45, 7) is 0. The van der Waals surface area contributed by atoms with Gasteiger partial charge in [-0.2, -0.15) is 10.2 Å². The van der Waals surface area contributed by atoms with Gasteiger partial charge in [-0.15, -0.1) is 0 Å². The van der Waals surface area contributed by atoms with E-state index in [9.17, 15) is 0 Å². The van der Waals surface area contributed by atoms with Gasteiger partial charge >= 0.3 is 0 Å². The van der Waals surface area contributed by atoms with Crippen LogP contribution in [0.4, 0.5) is 5.69 Å². The number of furan rings is 1. The summed E-state index contributed by atoms with van der Waals surface area (Å²) >= 11 is 0. The van der Waals surface area contributed by atoms with E-state index in [0.29, 0.717) is 11.3 Å². The van der Waals surface area contributed by atoms with Crippen molar-refractivity contribution in [2.24, 2.45) is 0 Å². The molecule has 0 atom stereocenters. The lowest BCUT2D eigenvalue weighted by Gasteiger charge is -1.83. The number of aromatic nitrogens is 2. The quantitative estimate of drug-likeness (QED) is 0.580. The second-order valence-electron chi connectivity index (χ2n) is 1.96. The molecule has 0 bridgehead atoms. The molecular formula is C6H5N3O. The maximum Gasteiger partial charge on any atom is 0.157 e. The van der Waals surface area contributed by atoms with Crippen LogP contribution in [0.2, 0.25) is 0 Å². The van der Waals surface area contributed by atoms with Crippen LogP contribution in [-0.4, -0.2) is 10.2 Å². The molecule has 10 heavy (non-hydrogen) atoms. The molecule has 2 rings (SSSR count). The van der Waals surface area contributed by atoms with Crippen molar-refractivity contribution in [3.05, 3.63) is 18.7 Å². The summed E-state index contributed by atoms with van der Waals surface area (Å²) < 4.78 is 5.02. The van der Waals surface area contributed by atoms with E-state index in [1.807, 2.05) is 0 Å². The standard InChI is InChI=1S/C6H5N3O/c7-5-3-10-6-2-9-8-1-4(5)6/h1-3H,7H2. The van der Waals surface area contributed by atoms with Crippen molar-refractivity contribution in [1.82, 2.24) is 10.2 Å². The minimum atomic E-state index is 0.602. The number of nitrogen functional groups attached to an aromatic ring is 1. The maximum absolute atomic E-state index is 5.51. The Morgan fingerprint density at radius 1 is 1.30 bits per heavy atom. The molecule has 0 aliphatic heterocycles. The minimum Gasteiger partial charge on any atom is -0.460 e. The second kappa shape index (κ2) is 1.70. The van der Waals surface area contributed by atoms with Crippen LogP contribution in [0.25, 0.3) is 11.0 Å². The normalized spacial score (nSPS) is 10.4. The molecule has 4 nitrogen and oxygen atoms in total. The number of hydrogen-bond acceptors (Lipinski definition) is 4. The van der Waals surface area contributed by atoms with Gasteiger partial charge in [-0.05, 0) is 0 Å². The molecule has 0 aliphatic carbocycles. The lowest BCUT2D eigenvalue weighted by Crippen LogP contribution is -1.82. The SMILES string of the molecule is Nc1coc2cnncc12. The number of fused-ring (bicyclic) bond motifs is 1. The summed E-state index contributed by atoms with van der Waals surface area (Å²) in [4.78, 5) is 0. The van der Waals surface area contributed by atoms with Crippen LogP contribution >= 0.6 is 0 Å². The van der Waals surface area contributed by atoms with E-state index < -0.39 is 0 Å². The van der Waals surface area contributed by atoms with Crippen LogP contribution in [0.15, 0.2) is 23.1 Å². The first kappa shape index (κ1) is 5.22. The third kappa shape index (κ3) is 0.556. The number of hydrogen-bond donors (Lipinski definition) is 1. The van der Waals surface area contributed by atoms with E-state index in [0.717, 1.165) is 5.39 Å². The molecular weight excluding hydrogens is 130 g/mol. The third-order valence-electron chi connectivity index (χ3n) is 1.32. The summed E-state index contributed by atoms with van der Waals surface area (Å²) in [5.74, 6) is 0. The van der Waals surface area contributed by atoms with Crippen molar-refractivity contribution < 1.29 is 4.42 Å². The van der Waals surface area contributed by atoms with Crippen LogP contribution in [0, 0.1) is 0 Å². The monoisotopic (exact) mass is 135 g/mol. The highest BCUT2D eigenvalue weighted by Crippen LogP contribution is 2.19. The summed E-state index contributed by atoms with van der Waals surface area (Å²) in [6, 6.07) is 0. The Morgan fingerprint density at radius 3 is 2.90 bits per heavy atom. The molecule has 2 heterocycles. The zero-order valence-electron chi connectivity index (χ0n) is 5.11. The summed E-state index contributed by atoms with van der Waals surface area (Å²) in [5.41, 5.74) is 6.79. The molecule has 0 unspecified atom stereocenters. The Labute approximate surface area is 56.7 Å². The zero-order valence-corrected chi connectivity index (χ0v) is 5.11. The van der Waals surface area contributed by atoms with Gasteiger partial charge in [0.1, 0.15) is 6.26 Å². The fourth-order valence-electron chi connectivity index (χ4n) is 0.811. The first-order valence-corrected chi connectivity index (χ1v) is 2.81. The van der Waals surface area contributed by atoms with E-state index in [-0.39, 0.29) is 0 Å². The Hall–Kier alpha value is -1.58. The average molecular weight is 135 g/mol. The molecule has 2 N–H and O–H groups in total. The molecule has 50 valence electrons. The van der Waals surface area contributed by atoms with Gasteiger partial charge < -0.3 is 10.2 Å². The molecule has 0 spiro atoms. The van der Waals surface area contributed by atoms with Crippen molar-refractivity contribution in [1.29, 1.82) is 0 Å². The van der Waals surface area contributed by atoms with E-state index in [4.69, 9.17) is 10.2 Å². The molecule has 0 saturated heterocycles. The number of rotatable bonds is 0. The van der Waals surface area contributed by atoms with Gasteiger partial charge in [0.2, 0.25) is 0 Å². The van der Waals surface area contributed by atoms with Crippen molar-refractivity contribution in [3.8, 4) is 0 Å². The smallest absolute Gasteiger partial charge is 0.157 e. The zero-order chi connectivity index (χ0) is 6.97. The highest BCUT2D eigenvalue weighted by Gasteiger charge is 1.99. The molecule has 0 radical (unpaired) electrons. The molecule has 0 amide bonds.